The molecule has 0 radical (unpaired) electrons. The molecule has 2 atom stereocenters. The number of hydrogen-bond acceptors (Lipinski definition) is 3. The van der Waals surface area contributed by atoms with Gasteiger partial charge in [0.1, 0.15) is 6.16 Å². The van der Waals surface area contributed by atoms with Crippen LogP contribution in [0.1, 0.15) is 0 Å². The SMILES string of the molecule is O=C(O)CP(=O)(O)OP. The Hall–Kier alpha value is 0.0500. The first kappa shape index (κ1) is 9.05. The third-order valence-electron chi connectivity index (χ3n) is 0.500. The van der Waals surface area contributed by atoms with Crippen molar-refractivity contribution in [1.29, 1.82) is 0 Å². The Morgan fingerprint density at radius 1 is 1.78 bits per heavy atom. The zero-order valence-electron chi connectivity index (χ0n) is 4.35. The minimum Gasteiger partial charge on any atom is -0.481 e. The second-order valence-electron chi connectivity index (χ2n) is 1.29. The molecule has 0 aromatic carbocycles. The van der Waals surface area contributed by atoms with Crippen LogP contribution in [0.5, 0.6) is 0 Å². The summed E-state index contributed by atoms with van der Waals surface area (Å²) in [5.41, 5.74) is 0. The summed E-state index contributed by atoms with van der Waals surface area (Å²) >= 11 is 0. The van der Waals surface area contributed by atoms with Crippen LogP contribution in [-0.4, -0.2) is 22.1 Å². The van der Waals surface area contributed by atoms with Crippen LogP contribution >= 0.6 is 17.1 Å². The third-order valence-corrected chi connectivity index (χ3v) is 2.49. The predicted octanol–water partition coefficient (Wildman–Crippen LogP) is 0.0631. The van der Waals surface area contributed by atoms with Gasteiger partial charge in [0.05, 0.1) is 0 Å². The monoisotopic (exact) mass is 172 g/mol. The van der Waals surface area contributed by atoms with Crippen LogP contribution in [0.4, 0.5) is 0 Å². The summed E-state index contributed by atoms with van der Waals surface area (Å²) in [6, 6.07) is 0. The number of carboxylic acids is 1. The van der Waals surface area contributed by atoms with Crippen molar-refractivity contribution in [2.24, 2.45) is 0 Å². The van der Waals surface area contributed by atoms with Crippen molar-refractivity contribution >= 4 is 23.0 Å². The molecular formula is C2H6O5P2. The summed E-state index contributed by atoms with van der Waals surface area (Å²) in [6.07, 6.45) is -0.865. The molecule has 9 heavy (non-hydrogen) atoms. The molecular weight excluding hydrogens is 166 g/mol. The van der Waals surface area contributed by atoms with Crippen LogP contribution in [0.25, 0.3) is 0 Å². The van der Waals surface area contributed by atoms with E-state index in [0.717, 1.165) is 0 Å². The largest absolute Gasteiger partial charge is 0.481 e. The van der Waals surface area contributed by atoms with Gasteiger partial charge in [-0.2, -0.15) is 0 Å². The maximum absolute atomic E-state index is 10.3. The molecule has 0 aliphatic heterocycles. The summed E-state index contributed by atoms with van der Waals surface area (Å²) in [4.78, 5) is 18.2. The fourth-order valence-electron chi connectivity index (χ4n) is 0.208. The second kappa shape index (κ2) is 3.28. The van der Waals surface area contributed by atoms with Crippen molar-refractivity contribution < 1.29 is 23.7 Å². The average Bonchev–Trinajstić information content (AvgIpc) is 1.63. The van der Waals surface area contributed by atoms with Gasteiger partial charge in [0.15, 0.2) is 0 Å². The number of carboxylic acid groups (broad SMARTS) is 1. The van der Waals surface area contributed by atoms with Crippen molar-refractivity contribution in [2.75, 3.05) is 6.16 Å². The van der Waals surface area contributed by atoms with Gasteiger partial charge in [-0.05, 0) is 0 Å². The number of carbonyl (C=O) groups is 1. The summed E-state index contributed by atoms with van der Waals surface area (Å²) in [7, 11) is -2.33. The molecule has 0 rings (SSSR count). The highest BCUT2D eigenvalue weighted by molar-refractivity contribution is 7.57. The molecule has 0 aliphatic rings. The van der Waals surface area contributed by atoms with E-state index in [9.17, 15) is 9.36 Å². The van der Waals surface area contributed by atoms with Crippen LogP contribution in [0.2, 0.25) is 0 Å². The minimum absolute atomic E-state index is 0.865. The van der Waals surface area contributed by atoms with Crippen LogP contribution in [0.3, 0.4) is 0 Å². The third kappa shape index (κ3) is 4.55. The van der Waals surface area contributed by atoms with Crippen LogP contribution < -0.4 is 0 Å². The Morgan fingerprint density at radius 2 is 2.22 bits per heavy atom. The first-order valence-electron chi connectivity index (χ1n) is 1.90. The van der Waals surface area contributed by atoms with E-state index in [1.807, 2.05) is 0 Å². The highest BCUT2D eigenvalue weighted by Gasteiger charge is 2.21. The van der Waals surface area contributed by atoms with Crippen LogP contribution in [0.15, 0.2) is 0 Å². The Kier molecular flexibility index (Phi) is 3.30. The number of rotatable bonds is 3. The molecule has 2 N–H and O–H groups in total. The van der Waals surface area contributed by atoms with Crippen molar-refractivity contribution in [3.8, 4) is 0 Å². The van der Waals surface area contributed by atoms with E-state index in [-0.39, 0.29) is 0 Å². The fourth-order valence-corrected chi connectivity index (χ4v) is 0.848. The van der Waals surface area contributed by atoms with Gasteiger partial charge in [-0.3, -0.25) is 13.7 Å². The van der Waals surface area contributed by atoms with Gasteiger partial charge in [0.2, 0.25) is 0 Å². The van der Waals surface area contributed by atoms with E-state index in [1.54, 1.807) is 0 Å². The van der Waals surface area contributed by atoms with Crippen molar-refractivity contribution in [3.63, 3.8) is 0 Å². The Bertz CT molecular complexity index is 153. The molecule has 7 heteroatoms. The molecule has 0 fully saturated rings. The van der Waals surface area contributed by atoms with Gasteiger partial charge in [-0.25, -0.2) is 0 Å². The van der Waals surface area contributed by atoms with Crippen molar-refractivity contribution in [3.05, 3.63) is 0 Å². The topological polar surface area (TPSA) is 83.8 Å². The molecule has 0 amide bonds. The van der Waals surface area contributed by atoms with E-state index in [1.165, 1.54) is 9.47 Å². The Morgan fingerprint density at radius 3 is 2.33 bits per heavy atom. The van der Waals surface area contributed by atoms with Gasteiger partial charge >= 0.3 is 13.6 Å². The lowest BCUT2D eigenvalue weighted by Crippen LogP contribution is -2.02. The lowest BCUT2D eigenvalue weighted by molar-refractivity contribution is -0.134. The highest BCUT2D eigenvalue weighted by atomic mass is 31.2. The lowest BCUT2D eigenvalue weighted by Gasteiger charge is -2.02. The Labute approximate surface area is 53.8 Å². The van der Waals surface area contributed by atoms with Crippen LogP contribution in [-0.2, 0) is 13.7 Å². The number of aliphatic carboxylic acids is 1. The van der Waals surface area contributed by atoms with E-state index in [2.05, 4.69) is 4.31 Å². The zero-order valence-corrected chi connectivity index (χ0v) is 6.40. The number of hydrogen-bond donors (Lipinski definition) is 2. The van der Waals surface area contributed by atoms with Crippen LogP contribution in [0, 0.1) is 0 Å². The minimum atomic E-state index is -3.87. The molecule has 0 saturated carbocycles. The summed E-state index contributed by atoms with van der Waals surface area (Å²) in [5, 5.41) is 7.96. The van der Waals surface area contributed by atoms with Gasteiger partial charge in [-0.15, -0.1) is 0 Å². The van der Waals surface area contributed by atoms with E-state index in [4.69, 9.17) is 10.00 Å². The molecule has 0 aromatic heterocycles. The zero-order chi connectivity index (χ0) is 7.49. The first-order valence-corrected chi connectivity index (χ1v) is 4.13. The quantitative estimate of drug-likeness (QED) is 0.588. The van der Waals surface area contributed by atoms with Gasteiger partial charge in [-0.1, -0.05) is 0 Å². The summed E-state index contributed by atoms with van der Waals surface area (Å²) in [5.74, 6) is -1.36. The molecule has 0 saturated heterocycles. The molecule has 0 aliphatic carbocycles. The lowest BCUT2D eigenvalue weighted by atomic mass is 10.8. The van der Waals surface area contributed by atoms with E-state index in [0.29, 0.717) is 0 Å². The summed E-state index contributed by atoms with van der Waals surface area (Å²) in [6.45, 7) is 0. The van der Waals surface area contributed by atoms with Gasteiger partial charge in [0, 0.05) is 9.47 Å². The van der Waals surface area contributed by atoms with E-state index < -0.39 is 19.7 Å². The predicted molar refractivity (Wildman–Crippen MR) is 33.1 cm³/mol. The highest BCUT2D eigenvalue weighted by Crippen LogP contribution is 2.43. The standard InChI is InChI=1S/C2H6O5P2/c3-2(4)1-9(5,6)7-8/h1,8H2,(H,3,4)(H,5,6). The molecule has 2 unspecified atom stereocenters. The molecule has 0 aromatic rings. The van der Waals surface area contributed by atoms with Crippen molar-refractivity contribution in [2.45, 2.75) is 0 Å². The van der Waals surface area contributed by atoms with E-state index >= 15 is 0 Å². The molecule has 0 spiro atoms. The molecule has 5 nitrogen and oxygen atoms in total. The molecule has 0 heterocycles. The smallest absolute Gasteiger partial charge is 0.341 e. The Balaban J connectivity index is 3.88. The van der Waals surface area contributed by atoms with Gasteiger partial charge in [0.25, 0.3) is 0 Å². The fraction of sp³-hybridized carbons (Fsp3) is 0.500. The maximum atomic E-state index is 10.3. The molecule has 54 valence electrons. The van der Waals surface area contributed by atoms with Gasteiger partial charge < -0.3 is 10.00 Å². The molecule has 0 bridgehead atoms. The maximum Gasteiger partial charge on any atom is 0.341 e. The normalized spacial score (nSPS) is 16.7. The average molecular weight is 172 g/mol. The van der Waals surface area contributed by atoms with Crippen molar-refractivity contribution in [1.82, 2.24) is 0 Å². The second-order valence-corrected chi connectivity index (χ2v) is 3.73. The summed E-state index contributed by atoms with van der Waals surface area (Å²) < 4.78 is 14.2. The first-order chi connectivity index (χ1) is 3.98.